The summed E-state index contributed by atoms with van der Waals surface area (Å²) in [6, 6.07) is 7.55. The third kappa shape index (κ3) is 5.80. The highest BCUT2D eigenvalue weighted by Gasteiger charge is 2.37. The van der Waals surface area contributed by atoms with Gasteiger partial charge in [0.05, 0.1) is 12.5 Å². The van der Waals surface area contributed by atoms with Crippen molar-refractivity contribution < 1.29 is 23.9 Å². The topological polar surface area (TPSA) is 105 Å². The predicted molar refractivity (Wildman–Crippen MR) is 104 cm³/mol. The molecule has 152 valence electrons. The molecule has 0 radical (unpaired) electrons. The molecular formula is C20H27N3O5. The molecule has 1 heterocycles. The van der Waals surface area contributed by atoms with E-state index >= 15 is 0 Å². The molecule has 1 saturated heterocycles. The average Bonchev–Trinajstić information content (AvgIpc) is 3.05. The summed E-state index contributed by atoms with van der Waals surface area (Å²) in [4.78, 5) is 49.4. The average molecular weight is 389 g/mol. The third-order valence-electron chi connectivity index (χ3n) is 4.36. The van der Waals surface area contributed by atoms with Crippen molar-refractivity contribution >= 4 is 29.4 Å². The minimum Gasteiger partial charge on any atom is -0.455 e. The summed E-state index contributed by atoms with van der Waals surface area (Å²) in [6.45, 7) is 5.19. The first-order valence-corrected chi connectivity index (χ1v) is 9.42. The molecule has 0 saturated carbocycles. The molecule has 1 aliphatic rings. The van der Waals surface area contributed by atoms with Gasteiger partial charge < -0.3 is 20.3 Å². The number of rotatable bonds is 8. The first-order chi connectivity index (χ1) is 13.3. The number of hydrogen-bond donors (Lipinski definition) is 2. The second kappa shape index (κ2) is 9.87. The quantitative estimate of drug-likeness (QED) is 0.640. The fourth-order valence-electron chi connectivity index (χ4n) is 3.03. The molecule has 28 heavy (non-hydrogen) atoms. The van der Waals surface area contributed by atoms with Crippen LogP contribution in [0.1, 0.15) is 32.8 Å². The molecule has 1 aromatic carbocycles. The first kappa shape index (κ1) is 21.4. The Labute approximate surface area is 164 Å². The van der Waals surface area contributed by atoms with Crippen LogP contribution in [-0.2, 0) is 30.3 Å². The minimum atomic E-state index is -0.616. The maximum absolute atomic E-state index is 12.4. The molecular weight excluding hydrogens is 362 g/mol. The zero-order chi connectivity index (χ0) is 20.7. The molecule has 0 bridgehead atoms. The van der Waals surface area contributed by atoms with E-state index < -0.39 is 24.4 Å². The van der Waals surface area contributed by atoms with E-state index in [4.69, 9.17) is 4.74 Å². The fraction of sp³-hybridized carbons (Fsp3) is 0.500. The normalized spacial score (nSPS) is 16.2. The van der Waals surface area contributed by atoms with Crippen LogP contribution in [0.25, 0.3) is 0 Å². The first-order valence-electron chi connectivity index (χ1n) is 9.42. The van der Waals surface area contributed by atoms with Crippen LogP contribution in [0.3, 0.4) is 0 Å². The van der Waals surface area contributed by atoms with E-state index in [9.17, 15) is 19.2 Å². The fourth-order valence-corrected chi connectivity index (χ4v) is 3.03. The SMILES string of the molecule is CCc1ccccc1N1C[C@H](C(=O)OCC(=O)NCC(=O)NC(C)C)CC1=O. The van der Waals surface area contributed by atoms with E-state index in [-0.39, 0.29) is 37.4 Å². The summed E-state index contributed by atoms with van der Waals surface area (Å²) in [5.74, 6) is -2.23. The molecule has 0 aromatic heterocycles. The largest absolute Gasteiger partial charge is 0.455 e. The Hall–Kier alpha value is -2.90. The van der Waals surface area contributed by atoms with Gasteiger partial charge in [-0.1, -0.05) is 25.1 Å². The van der Waals surface area contributed by atoms with Crippen LogP contribution in [0.2, 0.25) is 0 Å². The van der Waals surface area contributed by atoms with Crippen LogP contribution >= 0.6 is 0 Å². The van der Waals surface area contributed by atoms with Gasteiger partial charge in [0.25, 0.3) is 5.91 Å². The highest BCUT2D eigenvalue weighted by molar-refractivity contribution is 6.00. The predicted octanol–water partition coefficient (Wildman–Crippen LogP) is 0.786. The maximum atomic E-state index is 12.4. The monoisotopic (exact) mass is 389 g/mol. The van der Waals surface area contributed by atoms with Gasteiger partial charge in [0, 0.05) is 24.7 Å². The van der Waals surface area contributed by atoms with Crippen LogP contribution in [0.15, 0.2) is 24.3 Å². The lowest BCUT2D eigenvalue weighted by Crippen LogP contribution is -2.41. The van der Waals surface area contributed by atoms with Gasteiger partial charge in [-0.2, -0.15) is 0 Å². The number of ether oxygens (including phenoxy) is 1. The second-order valence-corrected chi connectivity index (χ2v) is 6.99. The van der Waals surface area contributed by atoms with Crippen molar-refractivity contribution in [3.8, 4) is 0 Å². The number of carbonyl (C=O) groups is 4. The Morgan fingerprint density at radius 1 is 1.21 bits per heavy atom. The highest BCUT2D eigenvalue weighted by Crippen LogP contribution is 2.28. The van der Waals surface area contributed by atoms with Crippen LogP contribution in [-0.4, -0.2) is 49.4 Å². The molecule has 1 aromatic rings. The Kier molecular flexibility index (Phi) is 7.54. The van der Waals surface area contributed by atoms with Gasteiger partial charge in [0.15, 0.2) is 6.61 Å². The zero-order valence-electron chi connectivity index (χ0n) is 16.5. The third-order valence-corrected chi connectivity index (χ3v) is 4.36. The summed E-state index contributed by atoms with van der Waals surface area (Å²) >= 11 is 0. The molecule has 0 unspecified atom stereocenters. The van der Waals surface area contributed by atoms with E-state index in [1.54, 1.807) is 4.90 Å². The van der Waals surface area contributed by atoms with Crippen LogP contribution in [0.4, 0.5) is 5.69 Å². The number of benzene rings is 1. The van der Waals surface area contributed by atoms with E-state index in [2.05, 4.69) is 10.6 Å². The molecule has 1 aliphatic heterocycles. The smallest absolute Gasteiger partial charge is 0.311 e. The number of anilines is 1. The van der Waals surface area contributed by atoms with Gasteiger partial charge in [0.1, 0.15) is 0 Å². The molecule has 8 nitrogen and oxygen atoms in total. The van der Waals surface area contributed by atoms with Gasteiger partial charge in [-0.15, -0.1) is 0 Å². The van der Waals surface area contributed by atoms with Crippen molar-refractivity contribution in [1.29, 1.82) is 0 Å². The molecule has 2 rings (SSSR count). The van der Waals surface area contributed by atoms with Gasteiger partial charge >= 0.3 is 5.97 Å². The van der Waals surface area contributed by atoms with Gasteiger partial charge in [0.2, 0.25) is 11.8 Å². The summed E-state index contributed by atoms with van der Waals surface area (Å²) in [6.07, 6.45) is 0.828. The summed E-state index contributed by atoms with van der Waals surface area (Å²) in [7, 11) is 0. The summed E-state index contributed by atoms with van der Waals surface area (Å²) < 4.78 is 5.03. The van der Waals surface area contributed by atoms with Crippen LogP contribution in [0, 0.1) is 5.92 Å². The molecule has 0 spiro atoms. The number of esters is 1. The van der Waals surface area contributed by atoms with Crippen LogP contribution < -0.4 is 15.5 Å². The van der Waals surface area contributed by atoms with Crippen molar-refractivity contribution in [3.05, 3.63) is 29.8 Å². The van der Waals surface area contributed by atoms with Crippen molar-refractivity contribution in [2.45, 2.75) is 39.7 Å². The lowest BCUT2D eigenvalue weighted by molar-refractivity contribution is -0.152. The van der Waals surface area contributed by atoms with Gasteiger partial charge in [-0.25, -0.2) is 0 Å². The molecule has 2 N–H and O–H groups in total. The molecule has 0 aliphatic carbocycles. The Balaban J connectivity index is 1.83. The lowest BCUT2D eigenvalue weighted by atomic mass is 10.1. The van der Waals surface area contributed by atoms with Gasteiger partial charge in [-0.05, 0) is 31.9 Å². The van der Waals surface area contributed by atoms with Crippen LogP contribution in [0.5, 0.6) is 0 Å². The summed E-state index contributed by atoms with van der Waals surface area (Å²) in [5.41, 5.74) is 1.84. The Morgan fingerprint density at radius 2 is 1.93 bits per heavy atom. The molecule has 1 atom stereocenters. The number of carbonyl (C=O) groups excluding carboxylic acids is 4. The van der Waals surface area contributed by atoms with Crippen molar-refractivity contribution in [2.75, 3.05) is 24.6 Å². The molecule has 1 fully saturated rings. The number of hydrogen-bond acceptors (Lipinski definition) is 5. The maximum Gasteiger partial charge on any atom is 0.311 e. The van der Waals surface area contributed by atoms with E-state index in [0.29, 0.717) is 0 Å². The highest BCUT2D eigenvalue weighted by atomic mass is 16.5. The van der Waals surface area contributed by atoms with E-state index in [0.717, 1.165) is 17.7 Å². The standard InChI is InChI=1S/C20H27N3O5/c1-4-14-7-5-6-8-16(14)23-11-15(9-19(23)26)20(27)28-12-18(25)21-10-17(24)22-13(2)3/h5-8,13,15H,4,9-12H2,1-3H3,(H,21,25)(H,22,24)/t15-/m1/s1. The van der Waals surface area contributed by atoms with E-state index in [1.165, 1.54) is 0 Å². The Bertz CT molecular complexity index is 747. The number of nitrogens with one attached hydrogen (secondary N) is 2. The van der Waals surface area contributed by atoms with Gasteiger partial charge in [-0.3, -0.25) is 19.2 Å². The summed E-state index contributed by atoms with van der Waals surface area (Å²) in [5, 5.41) is 5.02. The molecule has 3 amide bonds. The zero-order valence-corrected chi connectivity index (χ0v) is 16.5. The number of aryl methyl sites for hydroxylation is 1. The minimum absolute atomic E-state index is 0.0251. The van der Waals surface area contributed by atoms with Crippen molar-refractivity contribution in [2.24, 2.45) is 5.92 Å². The lowest BCUT2D eigenvalue weighted by Gasteiger charge is -2.19. The number of amides is 3. The van der Waals surface area contributed by atoms with Crippen molar-refractivity contribution in [1.82, 2.24) is 10.6 Å². The van der Waals surface area contributed by atoms with E-state index in [1.807, 2.05) is 45.0 Å². The molecule has 8 heteroatoms. The van der Waals surface area contributed by atoms with Crippen molar-refractivity contribution in [3.63, 3.8) is 0 Å². The number of nitrogens with zero attached hydrogens (tertiary/aromatic N) is 1. The number of para-hydroxylation sites is 1. The Morgan fingerprint density at radius 3 is 2.61 bits per heavy atom. The second-order valence-electron chi connectivity index (χ2n) is 6.99.